The van der Waals surface area contributed by atoms with E-state index in [-0.39, 0.29) is 12.2 Å². The topological polar surface area (TPSA) is 61.8 Å². The number of hydrogen-bond acceptors (Lipinski definition) is 5. The summed E-state index contributed by atoms with van der Waals surface area (Å²) in [6.45, 7) is 4.50. The third-order valence-corrected chi connectivity index (χ3v) is 3.45. The van der Waals surface area contributed by atoms with Crippen molar-refractivity contribution in [3.05, 3.63) is 35.9 Å². The molecule has 0 radical (unpaired) electrons. The van der Waals surface area contributed by atoms with Gasteiger partial charge < -0.3 is 14.2 Å². The van der Waals surface area contributed by atoms with Gasteiger partial charge in [0.25, 0.3) is 0 Å². The zero-order valence-electron chi connectivity index (χ0n) is 12.4. The molecule has 1 fully saturated rings. The molecule has 0 amide bonds. The fourth-order valence-corrected chi connectivity index (χ4v) is 2.61. The lowest BCUT2D eigenvalue weighted by Gasteiger charge is -2.39. The standard InChI is InChI=1S/C16H20O5/c1-10-16(21-12(3)18)15(20-11(2)17)9-14(19-10)13-7-5-4-6-8-13/h4-8,10,14-16H,9H2,1-3H3/t10-,14-,15-,16-/m0/s1. The van der Waals surface area contributed by atoms with E-state index in [1.807, 2.05) is 37.3 Å². The van der Waals surface area contributed by atoms with Crippen LogP contribution in [0.4, 0.5) is 0 Å². The lowest BCUT2D eigenvalue weighted by Crippen LogP contribution is -2.48. The number of esters is 2. The average molecular weight is 292 g/mol. The second-order valence-electron chi connectivity index (χ2n) is 5.20. The predicted octanol–water partition coefficient (Wildman–Crippen LogP) is 2.40. The molecule has 1 heterocycles. The monoisotopic (exact) mass is 292 g/mol. The molecule has 0 saturated carbocycles. The molecule has 1 saturated heterocycles. The Morgan fingerprint density at radius 2 is 1.71 bits per heavy atom. The number of rotatable bonds is 3. The summed E-state index contributed by atoms with van der Waals surface area (Å²) in [7, 11) is 0. The number of ether oxygens (including phenoxy) is 3. The summed E-state index contributed by atoms with van der Waals surface area (Å²) in [6.07, 6.45) is -1.15. The van der Waals surface area contributed by atoms with Gasteiger partial charge in [-0.15, -0.1) is 0 Å². The van der Waals surface area contributed by atoms with Crippen molar-refractivity contribution in [2.45, 2.75) is 51.6 Å². The summed E-state index contributed by atoms with van der Waals surface area (Å²) < 4.78 is 16.5. The summed E-state index contributed by atoms with van der Waals surface area (Å²) in [5, 5.41) is 0. The van der Waals surface area contributed by atoms with E-state index in [9.17, 15) is 9.59 Å². The van der Waals surface area contributed by atoms with Crippen LogP contribution < -0.4 is 0 Å². The van der Waals surface area contributed by atoms with Crippen LogP contribution in [-0.2, 0) is 23.8 Å². The van der Waals surface area contributed by atoms with Crippen molar-refractivity contribution >= 4 is 11.9 Å². The van der Waals surface area contributed by atoms with Crippen molar-refractivity contribution in [1.29, 1.82) is 0 Å². The van der Waals surface area contributed by atoms with Crippen LogP contribution in [0.3, 0.4) is 0 Å². The summed E-state index contributed by atoms with van der Waals surface area (Å²) in [6, 6.07) is 9.73. The molecule has 0 unspecified atom stereocenters. The zero-order chi connectivity index (χ0) is 15.4. The highest BCUT2D eigenvalue weighted by atomic mass is 16.6. The van der Waals surface area contributed by atoms with Crippen LogP contribution in [0.2, 0.25) is 0 Å². The van der Waals surface area contributed by atoms with Crippen LogP contribution in [-0.4, -0.2) is 30.3 Å². The van der Waals surface area contributed by atoms with Crippen LogP contribution in [0.5, 0.6) is 0 Å². The van der Waals surface area contributed by atoms with Crippen LogP contribution in [0.1, 0.15) is 38.9 Å². The first-order chi connectivity index (χ1) is 9.97. The molecular formula is C16H20O5. The molecule has 0 aromatic heterocycles. The molecule has 2 rings (SSSR count). The number of carbonyl (C=O) groups excluding carboxylic acids is 2. The fourth-order valence-electron chi connectivity index (χ4n) is 2.61. The minimum absolute atomic E-state index is 0.183. The maximum absolute atomic E-state index is 11.3. The first-order valence-electron chi connectivity index (χ1n) is 7.02. The lowest BCUT2D eigenvalue weighted by atomic mass is 9.94. The summed E-state index contributed by atoms with van der Waals surface area (Å²) >= 11 is 0. The van der Waals surface area contributed by atoms with E-state index < -0.39 is 24.1 Å². The van der Waals surface area contributed by atoms with Crippen molar-refractivity contribution in [2.75, 3.05) is 0 Å². The Morgan fingerprint density at radius 1 is 1.10 bits per heavy atom. The van der Waals surface area contributed by atoms with E-state index in [2.05, 4.69) is 0 Å². The second kappa shape index (κ2) is 6.72. The molecule has 5 heteroatoms. The molecule has 0 spiro atoms. The Labute approximate surface area is 124 Å². The first kappa shape index (κ1) is 15.5. The van der Waals surface area contributed by atoms with Gasteiger partial charge in [-0.05, 0) is 12.5 Å². The molecule has 4 atom stereocenters. The average Bonchev–Trinajstić information content (AvgIpc) is 2.42. The van der Waals surface area contributed by atoms with E-state index >= 15 is 0 Å². The van der Waals surface area contributed by atoms with Gasteiger partial charge in [-0.2, -0.15) is 0 Å². The van der Waals surface area contributed by atoms with E-state index in [4.69, 9.17) is 14.2 Å². The molecule has 1 aromatic carbocycles. The Morgan fingerprint density at radius 3 is 2.29 bits per heavy atom. The second-order valence-corrected chi connectivity index (χ2v) is 5.20. The Bertz CT molecular complexity index is 499. The van der Waals surface area contributed by atoms with E-state index in [0.29, 0.717) is 6.42 Å². The molecular weight excluding hydrogens is 272 g/mol. The molecule has 1 aliphatic rings. The highest BCUT2D eigenvalue weighted by Gasteiger charge is 2.41. The smallest absolute Gasteiger partial charge is 0.303 e. The van der Waals surface area contributed by atoms with E-state index in [1.165, 1.54) is 13.8 Å². The van der Waals surface area contributed by atoms with Crippen LogP contribution >= 0.6 is 0 Å². The quantitative estimate of drug-likeness (QED) is 0.801. The van der Waals surface area contributed by atoms with Gasteiger partial charge in [0.15, 0.2) is 6.10 Å². The minimum atomic E-state index is -0.577. The third kappa shape index (κ3) is 4.04. The van der Waals surface area contributed by atoms with E-state index in [1.54, 1.807) is 0 Å². The van der Waals surface area contributed by atoms with Crippen molar-refractivity contribution < 1.29 is 23.8 Å². The summed E-state index contributed by atoms with van der Waals surface area (Å²) in [5.74, 6) is -0.802. The zero-order valence-corrected chi connectivity index (χ0v) is 12.4. The molecule has 0 N–H and O–H groups in total. The van der Waals surface area contributed by atoms with Gasteiger partial charge in [0.2, 0.25) is 0 Å². The Balaban J connectivity index is 2.17. The summed E-state index contributed by atoms with van der Waals surface area (Å²) in [4.78, 5) is 22.5. The van der Waals surface area contributed by atoms with E-state index in [0.717, 1.165) is 5.56 Å². The third-order valence-electron chi connectivity index (χ3n) is 3.45. The van der Waals surface area contributed by atoms with Gasteiger partial charge in [-0.1, -0.05) is 30.3 Å². The normalized spacial score (nSPS) is 28.7. The molecule has 114 valence electrons. The van der Waals surface area contributed by atoms with Gasteiger partial charge in [0.1, 0.15) is 6.10 Å². The SMILES string of the molecule is CC(=O)O[C@H]1[C@H](C)O[C@H](c2ccccc2)C[C@@H]1OC(C)=O. The van der Waals surface area contributed by atoms with Gasteiger partial charge in [0, 0.05) is 20.3 Å². The molecule has 0 bridgehead atoms. The van der Waals surface area contributed by atoms with Crippen LogP contribution in [0.15, 0.2) is 30.3 Å². The minimum Gasteiger partial charge on any atom is -0.458 e. The van der Waals surface area contributed by atoms with Gasteiger partial charge in [0.05, 0.1) is 12.2 Å². The molecule has 5 nitrogen and oxygen atoms in total. The van der Waals surface area contributed by atoms with Crippen molar-refractivity contribution in [3.8, 4) is 0 Å². The molecule has 1 aliphatic heterocycles. The highest BCUT2D eigenvalue weighted by Crippen LogP contribution is 2.34. The maximum atomic E-state index is 11.3. The van der Waals surface area contributed by atoms with Gasteiger partial charge in [-0.25, -0.2) is 0 Å². The number of hydrogen-bond donors (Lipinski definition) is 0. The van der Waals surface area contributed by atoms with Gasteiger partial charge in [-0.3, -0.25) is 9.59 Å². The van der Waals surface area contributed by atoms with Crippen molar-refractivity contribution in [1.82, 2.24) is 0 Å². The molecule has 1 aromatic rings. The lowest BCUT2D eigenvalue weighted by molar-refractivity contribution is -0.204. The Hall–Kier alpha value is -1.88. The largest absolute Gasteiger partial charge is 0.458 e. The van der Waals surface area contributed by atoms with Crippen LogP contribution in [0, 0.1) is 0 Å². The first-order valence-corrected chi connectivity index (χ1v) is 7.02. The highest BCUT2D eigenvalue weighted by molar-refractivity contribution is 5.67. The van der Waals surface area contributed by atoms with Gasteiger partial charge >= 0.3 is 11.9 Å². The molecule has 0 aliphatic carbocycles. The van der Waals surface area contributed by atoms with Crippen molar-refractivity contribution in [2.24, 2.45) is 0 Å². The predicted molar refractivity (Wildman–Crippen MR) is 75.5 cm³/mol. The van der Waals surface area contributed by atoms with Crippen LogP contribution in [0.25, 0.3) is 0 Å². The number of benzene rings is 1. The Kier molecular flexibility index (Phi) is 4.96. The van der Waals surface area contributed by atoms with Crippen molar-refractivity contribution in [3.63, 3.8) is 0 Å². The summed E-state index contributed by atoms with van der Waals surface area (Å²) in [5.41, 5.74) is 1.02. The maximum Gasteiger partial charge on any atom is 0.303 e. The number of carbonyl (C=O) groups is 2. The molecule has 21 heavy (non-hydrogen) atoms. The fraction of sp³-hybridized carbons (Fsp3) is 0.500.